The minimum absolute atomic E-state index is 2.37. The second kappa shape index (κ2) is 3.10. The number of hydrogen-bond donors (Lipinski definition) is 5. The van der Waals surface area contributed by atoms with Gasteiger partial charge in [0.25, 0.3) is 11.6 Å². The molecule has 5 fully saturated rings. The fourth-order valence-electron chi connectivity index (χ4n) is 2.93. The van der Waals surface area contributed by atoms with Crippen LogP contribution in [0, 0.1) is 0 Å². The average molecular weight is 364 g/mol. The Labute approximate surface area is 118 Å². The molecular weight excluding hydrogens is 358 g/mol. The third-order valence-corrected chi connectivity index (χ3v) is 6.77. The van der Waals surface area contributed by atoms with Crippen LogP contribution in [0.5, 0.6) is 0 Å². The zero-order valence-corrected chi connectivity index (χ0v) is 11.7. The van der Waals surface area contributed by atoms with Crippen molar-refractivity contribution < 1.29 is 66.5 Å². The van der Waals surface area contributed by atoms with Gasteiger partial charge in [-0.25, -0.2) is 31.7 Å². The second-order valence-corrected chi connectivity index (χ2v) is 8.00. The molecule has 5 N–H and O–H groups in total. The molecule has 5 aliphatic heterocycles. The lowest BCUT2D eigenvalue weighted by molar-refractivity contribution is -0.608. The predicted octanol–water partition coefficient (Wildman–Crippen LogP) is -2.89. The van der Waals surface area contributed by atoms with Crippen LogP contribution in [-0.2, 0) is 41.0 Å². The second-order valence-electron chi connectivity index (χ2n) is 5.09. The predicted molar refractivity (Wildman–Crippen MR) is 51.3 cm³/mol. The Balaban J connectivity index is 1.83. The molecule has 16 heteroatoms. The standard InChI is InChI=1S/C6H6O14P2/c7-1-2-3(8,17-21(12,14-1)16-2)4(9)5(10)6(11,15-2)20-22(13,18-4)19-5/h1,7-11H. The first-order chi connectivity index (χ1) is 9.87. The third kappa shape index (κ3) is 1.05. The van der Waals surface area contributed by atoms with Gasteiger partial charge in [0.15, 0.2) is 0 Å². The SMILES string of the molecule is O=P12OC(O)C3(OC4(O)OP5(=O)OC4(O)C(O)(O5)C3(O)O1)O2. The maximum absolute atomic E-state index is 12.0. The van der Waals surface area contributed by atoms with Gasteiger partial charge in [0, 0.05) is 0 Å². The largest absolute Gasteiger partial charge is 0.485 e. The van der Waals surface area contributed by atoms with Crippen LogP contribution in [0.1, 0.15) is 0 Å². The first-order valence-electron chi connectivity index (χ1n) is 5.57. The summed E-state index contributed by atoms with van der Waals surface area (Å²) in [6, 6.07) is 0. The normalized spacial score (nSPS) is 74.5. The summed E-state index contributed by atoms with van der Waals surface area (Å²) in [5.74, 6) is -17.0. The van der Waals surface area contributed by atoms with Crippen molar-refractivity contribution >= 4 is 15.6 Å². The highest BCUT2D eigenvalue weighted by Gasteiger charge is 3.02. The molecule has 0 radical (unpaired) electrons. The van der Waals surface area contributed by atoms with E-state index in [1.807, 2.05) is 0 Å². The van der Waals surface area contributed by atoms with Crippen LogP contribution < -0.4 is 0 Å². The van der Waals surface area contributed by atoms with Crippen LogP contribution in [0.15, 0.2) is 0 Å². The first-order valence-corrected chi connectivity index (χ1v) is 8.49. The maximum Gasteiger partial charge on any atom is 0.485 e. The number of ether oxygens (including phenoxy) is 1. The Morgan fingerprint density at radius 1 is 0.773 bits per heavy atom. The fourth-order valence-corrected chi connectivity index (χ4v) is 6.30. The van der Waals surface area contributed by atoms with Gasteiger partial charge in [-0.15, -0.1) is 0 Å². The summed E-state index contributed by atoms with van der Waals surface area (Å²) in [5.41, 5.74) is 0. The molecule has 14 nitrogen and oxygen atoms in total. The number of rotatable bonds is 0. The summed E-state index contributed by atoms with van der Waals surface area (Å²) >= 11 is 0. The van der Waals surface area contributed by atoms with Gasteiger partial charge < -0.3 is 25.5 Å². The van der Waals surface area contributed by atoms with Crippen molar-refractivity contribution in [3.8, 4) is 0 Å². The first kappa shape index (κ1) is 14.3. The van der Waals surface area contributed by atoms with E-state index >= 15 is 0 Å². The van der Waals surface area contributed by atoms with E-state index in [9.17, 15) is 34.7 Å². The van der Waals surface area contributed by atoms with Crippen molar-refractivity contribution in [1.29, 1.82) is 0 Å². The molecule has 4 bridgehead atoms. The molecule has 8 unspecified atom stereocenters. The molecule has 0 aromatic carbocycles. The van der Waals surface area contributed by atoms with E-state index in [0.717, 1.165) is 0 Å². The van der Waals surface area contributed by atoms with Gasteiger partial charge in [0.2, 0.25) is 6.29 Å². The fraction of sp³-hybridized carbons (Fsp3) is 1.00. The lowest BCUT2D eigenvalue weighted by atomic mass is 9.84. The van der Waals surface area contributed by atoms with Crippen LogP contribution in [0.2, 0.25) is 0 Å². The molecule has 1 spiro atoms. The number of hydrogen-bond acceptors (Lipinski definition) is 14. The van der Waals surface area contributed by atoms with Crippen LogP contribution in [-0.4, -0.2) is 60.9 Å². The van der Waals surface area contributed by atoms with Gasteiger partial charge in [-0.3, -0.25) is 9.26 Å². The Bertz CT molecular complexity index is 718. The van der Waals surface area contributed by atoms with E-state index in [4.69, 9.17) is 4.74 Å². The van der Waals surface area contributed by atoms with E-state index in [0.29, 0.717) is 0 Å². The van der Waals surface area contributed by atoms with Crippen LogP contribution >= 0.6 is 15.6 Å². The maximum atomic E-state index is 12.0. The van der Waals surface area contributed by atoms with Crippen molar-refractivity contribution in [3.63, 3.8) is 0 Å². The van der Waals surface area contributed by atoms with Gasteiger partial charge in [-0.2, -0.15) is 0 Å². The van der Waals surface area contributed by atoms with Gasteiger partial charge >= 0.3 is 33.2 Å². The van der Waals surface area contributed by atoms with E-state index < -0.39 is 51.1 Å². The summed E-state index contributed by atoms with van der Waals surface area (Å²) < 4.78 is 55.5. The van der Waals surface area contributed by atoms with Gasteiger partial charge in [0.1, 0.15) is 0 Å². The molecule has 8 atom stereocenters. The molecule has 5 heterocycles. The van der Waals surface area contributed by atoms with E-state index in [-0.39, 0.29) is 0 Å². The summed E-state index contributed by atoms with van der Waals surface area (Å²) in [6.45, 7) is 0. The van der Waals surface area contributed by atoms with Crippen molar-refractivity contribution in [2.75, 3.05) is 0 Å². The topological polar surface area (TPSA) is 200 Å². The molecular formula is C6H6O14P2. The number of aliphatic hydroxyl groups is 5. The molecule has 5 saturated heterocycles. The summed E-state index contributed by atoms with van der Waals surface area (Å²) in [5, 5.41) is 51.1. The highest BCUT2D eigenvalue weighted by molar-refractivity contribution is 7.49. The Morgan fingerprint density at radius 2 is 1.36 bits per heavy atom. The quantitative estimate of drug-likeness (QED) is 0.274. The van der Waals surface area contributed by atoms with Crippen LogP contribution in [0.3, 0.4) is 0 Å². The third-order valence-electron chi connectivity index (χ3n) is 3.88. The van der Waals surface area contributed by atoms with Crippen molar-refractivity contribution in [2.45, 2.75) is 35.4 Å². The minimum Gasteiger partial charge on any atom is -0.363 e. The molecule has 0 aromatic heterocycles. The average Bonchev–Trinajstić information content (AvgIpc) is 2.84. The molecule has 5 rings (SSSR count). The van der Waals surface area contributed by atoms with E-state index in [2.05, 4.69) is 27.1 Å². The summed E-state index contributed by atoms with van der Waals surface area (Å²) in [7, 11) is -9.48. The van der Waals surface area contributed by atoms with Crippen LogP contribution in [0.4, 0.5) is 0 Å². The monoisotopic (exact) mass is 364 g/mol. The molecule has 0 aromatic rings. The van der Waals surface area contributed by atoms with Crippen LogP contribution in [0.25, 0.3) is 0 Å². The molecule has 5 aliphatic rings. The lowest BCUT2D eigenvalue weighted by Crippen LogP contribution is -2.88. The number of phosphoric acid groups is 2. The van der Waals surface area contributed by atoms with Crippen molar-refractivity contribution in [1.82, 2.24) is 0 Å². The lowest BCUT2D eigenvalue weighted by Gasteiger charge is -2.57. The molecule has 22 heavy (non-hydrogen) atoms. The Morgan fingerprint density at radius 3 is 1.95 bits per heavy atom. The molecule has 0 aliphatic carbocycles. The van der Waals surface area contributed by atoms with Gasteiger partial charge in [-0.05, 0) is 0 Å². The van der Waals surface area contributed by atoms with Crippen molar-refractivity contribution in [2.24, 2.45) is 0 Å². The minimum atomic E-state index is -4.79. The van der Waals surface area contributed by atoms with E-state index in [1.165, 1.54) is 0 Å². The molecule has 0 saturated carbocycles. The van der Waals surface area contributed by atoms with Crippen molar-refractivity contribution in [3.05, 3.63) is 0 Å². The highest BCUT2D eigenvalue weighted by atomic mass is 31.2. The molecule has 0 amide bonds. The number of fused-ring (bicyclic) bond motifs is 3. The van der Waals surface area contributed by atoms with Gasteiger partial charge in [-0.1, -0.05) is 0 Å². The zero-order chi connectivity index (χ0) is 16.0. The smallest absolute Gasteiger partial charge is 0.363 e. The zero-order valence-electron chi connectivity index (χ0n) is 9.88. The highest BCUT2D eigenvalue weighted by Crippen LogP contribution is 2.85. The summed E-state index contributed by atoms with van der Waals surface area (Å²) in [6.07, 6.45) is -2.37. The Hall–Kier alpha value is -0.0200. The van der Waals surface area contributed by atoms with Gasteiger partial charge in [0.05, 0.1) is 0 Å². The van der Waals surface area contributed by atoms with E-state index in [1.54, 1.807) is 0 Å². The number of aliphatic hydroxyl groups excluding tert-OH is 1. The number of phosphoric ester groups is 2. The molecule has 124 valence electrons. The Kier molecular flexibility index (Phi) is 2.02. The summed E-state index contributed by atoms with van der Waals surface area (Å²) in [4.78, 5) is 0.